The van der Waals surface area contributed by atoms with Crippen LogP contribution >= 0.6 is 0 Å². The number of nitro benzene ring substituents is 1. The predicted octanol–water partition coefficient (Wildman–Crippen LogP) is -0.838. The number of carboxylic acids is 2. The van der Waals surface area contributed by atoms with Gasteiger partial charge in [0, 0.05) is 17.5 Å². The highest BCUT2D eigenvalue weighted by atomic mass is 16.6. The Labute approximate surface area is 124 Å². The van der Waals surface area contributed by atoms with Gasteiger partial charge in [-0.2, -0.15) is 0 Å². The molecule has 0 radical (unpaired) electrons. The predicted molar refractivity (Wildman–Crippen MR) is 69.8 cm³/mol. The Balaban J connectivity index is 2.27. The number of allylic oxidation sites excluding steroid dienone is 2. The third-order valence-corrected chi connectivity index (χ3v) is 4.17. The molecule has 8 nitrogen and oxygen atoms in total. The monoisotopic (exact) mass is 302 g/mol. The summed E-state index contributed by atoms with van der Waals surface area (Å²) in [6, 6.07) is 1.03. The van der Waals surface area contributed by atoms with Gasteiger partial charge in [0.25, 0.3) is 5.69 Å². The summed E-state index contributed by atoms with van der Waals surface area (Å²) in [5.74, 6) is -3.90. The van der Waals surface area contributed by atoms with Crippen LogP contribution < -0.4 is 15.5 Å². The van der Waals surface area contributed by atoms with Crippen molar-refractivity contribution in [3.8, 4) is 0 Å². The van der Waals surface area contributed by atoms with Crippen LogP contribution in [-0.4, -0.2) is 22.9 Å². The Morgan fingerprint density at radius 3 is 2.59 bits per heavy atom. The zero-order chi connectivity index (χ0) is 16.0. The van der Waals surface area contributed by atoms with Crippen molar-refractivity contribution >= 4 is 23.3 Å². The first kappa shape index (κ1) is 14.1. The van der Waals surface area contributed by atoms with Crippen molar-refractivity contribution in [2.45, 2.75) is 18.4 Å². The molecule has 114 valence electrons. The van der Waals surface area contributed by atoms with Crippen molar-refractivity contribution in [2.75, 3.05) is 5.32 Å². The van der Waals surface area contributed by atoms with E-state index in [0.717, 1.165) is 12.1 Å². The maximum Gasteiger partial charge on any atom is 0.275 e. The van der Waals surface area contributed by atoms with Gasteiger partial charge in [0.15, 0.2) is 0 Å². The number of rotatable bonds is 3. The summed E-state index contributed by atoms with van der Waals surface area (Å²) in [7, 11) is 0. The number of carbonyl (C=O) groups excluding carboxylic acids is 2. The molecule has 0 bridgehead atoms. The number of hydrogen-bond acceptors (Lipinski definition) is 7. The number of anilines is 1. The van der Waals surface area contributed by atoms with E-state index in [4.69, 9.17) is 0 Å². The van der Waals surface area contributed by atoms with Gasteiger partial charge in [-0.1, -0.05) is 12.2 Å². The number of fused-ring (bicyclic) bond motifs is 3. The van der Waals surface area contributed by atoms with Gasteiger partial charge in [-0.25, -0.2) is 0 Å². The van der Waals surface area contributed by atoms with Gasteiger partial charge < -0.3 is 25.1 Å². The van der Waals surface area contributed by atoms with E-state index in [-0.39, 0.29) is 22.5 Å². The molecule has 0 saturated carbocycles. The number of nitrogens with one attached hydrogen (secondary N) is 1. The third-order valence-electron chi connectivity index (χ3n) is 4.17. The summed E-state index contributed by atoms with van der Waals surface area (Å²) in [6.07, 6.45) is 3.83. The van der Waals surface area contributed by atoms with E-state index in [1.54, 1.807) is 12.2 Å². The molecule has 8 heteroatoms. The summed E-state index contributed by atoms with van der Waals surface area (Å²) < 4.78 is 0. The molecule has 1 aliphatic heterocycles. The maximum atomic E-state index is 11.3. The lowest BCUT2D eigenvalue weighted by Crippen LogP contribution is -2.49. The fourth-order valence-corrected chi connectivity index (χ4v) is 3.25. The molecule has 1 N–H and O–H groups in total. The molecule has 0 spiro atoms. The average molecular weight is 302 g/mol. The highest BCUT2D eigenvalue weighted by molar-refractivity contribution is 5.97. The number of benzene rings is 1. The largest absolute Gasteiger partial charge is 0.548 e. The lowest BCUT2D eigenvalue weighted by molar-refractivity contribution is -0.385. The molecule has 1 aromatic carbocycles. The molecule has 3 atom stereocenters. The minimum absolute atomic E-state index is 0.0730. The first-order valence-corrected chi connectivity index (χ1v) is 6.58. The number of aliphatic carboxylic acids is 1. The van der Waals surface area contributed by atoms with Gasteiger partial charge >= 0.3 is 0 Å². The molecule has 0 aromatic heterocycles. The Bertz CT molecular complexity index is 726. The second kappa shape index (κ2) is 4.83. The Kier molecular flexibility index (Phi) is 3.09. The molecule has 3 rings (SSSR count). The summed E-state index contributed by atoms with van der Waals surface area (Å²) >= 11 is 0. The molecular formula is C14H10N2O6-2. The Morgan fingerprint density at radius 1 is 1.27 bits per heavy atom. The van der Waals surface area contributed by atoms with Crippen LogP contribution in [-0.2, 0) is 4.79 Å². The van der Waals surface area contributed by atoms with Crippen LogP contribution in [0.3, 0.4) is 0 Å². The summed E-state index contributed by atoms with van der Waals surface area (Å²) in [5, 5.41) is 36.3. The summed E-state index contributed by atoms with van der Waals surface area (Å²) in [4.78, 5) is 33.1. The average Bonchev–Trinajstić information content (AvgIpc) is 2.93. The molecular weight excluding hydrogens is 292 g/mol. The van der Waals surface area contributed by atoms with E-state index >= 15 is 0 Å². The quantitative estimate of drug-likeness (QED) is 0.437. The fraction of sp³-hybridized carbons (Fsp3) is 0.286. The third kappa shape index (κ3) is 1.92. The molecule has 0 fully saturated rings. The molecule has 1 heterocycles. The maximum absolute atomic E-state index is 11.3. The second-order valence-electron chi connectivity index (χ2n) is 5.26. The zero-order valence-corrected chi connectivity index (χ0v) is 11.1. The lowest BCUT2D eigenvalue weighted by atomic mass is 9.77. The molecule has 0 amide bonds. The van der Waals surface area contributed by atoms with Gasteiger partial charge in [-0.3, -0.25) is 10.1 Å². The van der Waals surface area contributed by atoms with Gasteiger partial charge in [-0.15, -0.1) is 0 Å². The van der Waals surface area contributed by atoms with E-state index in [1.165, 1.54) is 0 Å². The van der Waals surface area contributed by atoms with Crippen LogP contribution in [0.4, 0.5) is 11.4 Å². The van der Waals surface area contributed by atoms with Gasteiger partial charge in [0.1, 0.15) is 0 Å². The van der Waals surface area contributed by atoms with Crippen molar-refractivity contribution in [2.24, 2.45) is 5.92 Å². The second-order valence-corrected chi connectivity index (χ2v) is 5.26. The number of nitro groups is 1. The first-order chi connectivity index (χ1) is 10.4. The summed E-state index contributed by atoms with van der Waals surface area (Å²) in [6.45, 7) is 0. The first-order valence-electron chi connectivity index (χ1n) is 6.58. The van der Waals surface area contributed by atoms with Gasteiger partial charge in [-0.05, 0) is 18.4 Å². The molecule has 0 saturated heterocycles. The minimum atomic E-state index is -1.53. The number of aromatic carboxylic acids is 1. The van der Waals surface area contributed by atoms with Crippen molar-refractivity contribution in [1.29, 1.82) is 0 Å². The number of nitrogens with zero attached hydrogens (tertiary/aromatic N) is 1. The van der Waals surface area contributed by atoms with Crippen LogP contribution in [0.1, 0.15) is 28.3 Å². The number of hydrogen-bond donors (Lipinski definition) is 1. The van der Waals surface area contributed by atoms with E-state index in [0.29, 0.717) is 6.42 Å². The van der Waals surface area contributed by atoms with E-state index in [9.17, 15) is 29.9 Å². The standard InChI is InChI=1S/C14H12N2O6/c17-13(18)8-4-5-9(16(21)22)10-6-2-1-3-7(6)12(14(19)20)15-11(8)10/h1-2,4-7,12,15H,3H2,(H,17,18)(H,19,20)/p-2/t6-,7+,12-/m0/s1. The highest BCUT2D eigenvalue weighted by Crippen LogP contribution is 2.49. The van der Waals surface area contributed by atoms with Crippen LogP contribution in [0, 0.1) is 16.0 Å². The van der Waals surface area contributed by atoms with Crippen LogP contribution in [0.25, 0.3) is 0 Å². The van der Waals surface area contributed by atoms with E-state index in [1.807, 2.05) is 0 Å². The van der Waals surface area contributed by atoms with E-state index in [2.05, 4.69) is 5.32 Å². The van der Waals surface area contributed by atoms with Crippen molar-refractivity contribution in [1.82, 2.24) is 0 Å². The van der Waals surface area contributed by atoms with Crippen molar-refractivity contribution < 1.29 is 24.7 Å². The molecule has 0 unspecified atom stereocenters. The zero-order valence-electron chi connectivity index (χ0n) is 11.1. The van der Waals surface area contributed by atoms with Gasteiger partial charge in [0.2, 0.25) is 0 Å². The topological polar surface area (TPSA) is 135 Å². The molecule has 2 aliphatic rings. The van der Waals surface area contributed by atoms with Crippen LogP contribution in [0.2, 0.25) is 0 Å². The highest BCUT2D eigenvalue weighted by Gasteiger charge is 2.42. The van der Waals surface area contributed by atoms with Gasteiger partial charge in [0.05, 0.1) is 34.2 Å². The van der Waals surface area contributed by atoms with Crippen molar-refractivity contribution in [3.63, 3.8) is 0 Å². The van der Waals surface area contributed by atoms with Crippen LogP contribution in [0.5, 0.6) is 0 Å². The van der Waals surface area contributed by atoms with Crippen LogP contribution in [0.15, 0.2) is 24.3 Å². The van der Waals surface area contributed by atoms with Crippen molar-refractivity contribution in [3.05, 3.63) is 45.5 Å². The smallest absolute Gasteiger partial charge is 0.275 e. The molecule has 22 heavy (non-hydrogen) atoms. The Morgan fingerprint density at radius 2 is 2.00 bits per heavy atom. The lowest BCUT2D eigenvalue weighted by Gasteiger charge is -2.38. The Hall–Kier alpha value is -2.90. The number of carbonyl (C=O) groups is 2. The minimum Gasteiger partial charge on any atom is -0.548 e. The van der Waals surface area contributed by atoms with E-state index < -0.39 is 34.7 Å². The molecule has 1 aliphatic carbocycles. The summed E-state index contributed by atoms with van der Waals surface area (Å²) in [5.41, 5.74) is -0.435. The normalized spacial score (nSPS) is 25.0. The number of carboxylic acid groups (broad SMARTS) is 2. The fourth-order valence-electron chi connectivity index (χ4n) is 3.25. The SMILES string of the molecule is O=C([O-])c1ccc([N+](=O)[O-])c2c1N[C@H](C(=O)[O-])[C@@H]1CC=C[C@H]21. The molecule has 1 aromatic rings.